The Morgan fingerprint density at radius 2 is 1.95 bits per heavy atom. The van der Waals surface area contributed by atoms with Crippen LogP contribution in [0.2, 0.25) is 0 Å². The van der Waals surface area contributed by atoms with E-state index in [0.717, 1.165) is 0 Å². The molecule has 4 rings (SSSR count). The van der Waals surface area contributed by atoms with Crippen molar-refractivity contribution >= 4 is 21.8 Å². The molecule has 1 aromatic heterocycles. The highest BCUT2D eigenvalue weighted by Crippen LogP contribution is 2.35. The second-order valence-corrected chi connectivity index (χ2v) is 4.74. The van der Waals surface area contributed by atoms with Crippen LogP contribution in [0, 0.1) is 5.82 Å². The summed E-state index contributed by atoms with van der Waals surface area (Å²) in [6.45, 7) is 0.0769. The maximum Gasteiger partial charge on any atom is 0.231 e. The topological polar surface area (TPSA) is 40.5 Å². The summed E-state index contributed by atoms with van der Waals surface area (Å²) in [6.07, 6.45) is 0. The molecule has 0 aliphatic carbocycles. The summed E-state index contributed by atoms with van der Waals surface area (Å²) >= 11 is 0. The highest BCUT2D eigenvalue weighted by Gasteiger charge is 2.19. The van der Waals surface area contributed by atoms with Crippen LogP contribution in [0.4, 0.5) is 4.39 Å². The van der Waals surface area contributed by atoms with Crippen LogP contribution in [0.3, 0.4) is 0 Å². The molecule has 1 aliphatic heterocycles. The number of benzene rings is 1. The molecular formula is C15H10FNO3. The van der Waals surface area contributed by atoms with E-state index in [-0.39, 0.29) is 18.0 Å². The second kappa shape index (κ2) is 3.72. The Morgan fingerprint density at radius 1 is 1.20 bits per heavy atom. The molecule has 0 saturated carbocycles. The van der Waals surface area contributed by atoms with Crippen molar-refractivity contribution < 1.29 is 13.9 Å². The number of halogens is 1. The minimum absolute atomic E-state index is 0.0769. The van der Waals surface area contributed by atoms with E-state index in [0.29, 0.717) is 33.3 Å². The van der Waals surface area contributed by atoms with Gasteiger partial charge < -0.3 is 14.0 Å². The van der Waals surface area contributed by atoms with Gasteiger partial charge in [0.25, 0.3) is 0 Å². The van der Waals surface area contributed by atoms with Gasteiger partial charge in [-0.3, -0.25) is 4.79 Å². The van der Waals surface area contributed by atoms with Gasteiger partial charge in [-0.1, -0.05) is 6.07 Å². The smallest absolute Gasteiger partial charge is 0.231 e. The van der Waals surface area contributed by atoms with Gasteiger partial charge in [-0.25, -0.2) is 4.39 Å². The molecule has 0 spiro atoms. The molecule has 0 atom stereocenters. The highest BCUT2D eigenvalue weighted by atomic mass is 19.1. The van der Waals surface area contributed by atoms with Crippen LogP contribution in [-0.2, 0) is 7.05 Å². The van der Waals surface area contributed by atoms with Crippen molar-refractivity contribution in [2.45, 2.75) is 0 Å². The van der Waals surface area contributed by atoms with Crippen LogP contribution in [0.15, 0.2) is 35.1 Å². The lowest BCUT2D eigenvalue weighted by Gasteiger charge is -1.96. The molecule has 3 aromatic rings. The van der Waals surface area contributed by atoms with Gasteiger partial charge in [0.2, 0.25) is 12.2 Å². The first-order valence-corrected chi connectivity index (χ1v) is 6.17. The number of ether oxygens (including phenoxy) is 2. The lowest BCUT2D eigenvalue weighted by molar-refractivity contribution is 0.173. The summed E-state index contributed by atoms with van der Waals surface area (Å²) in [7, 11) is 1.75. The van der Waals surface area contributed by atoms with Crippen molar-refractivity contribution in [2.75, 3.05) is 6.79 Å². The first-order chi connectivity index (χ1) is 9.66. The monoisotopic (exact) mass is 271 g/mol. The first-order valence-electron chi connectivity index (χ1n) is 6.17. The second-order valence-electron chi connectivity index (χ2n) is 4.74. The zero-order valence-corrected chi connectivity index (χ0v) is 10.6. The fraction of sp³-hybridized carbons (Fsp3) is 0.133. The number of fused-ring (bicyclic) bond motifs is 4. The molecule has 100 valence electrons. The molecule has 4 nitrogen and oxygen atoms in total. The van der Waals surface area contributed by atoms with Gasteiger partial charge >= 0.3 is 0 Å². The van der Waals surface area contributed by atoms with Crippen LogP contribution in [0.1, 0.15) is 0 Å². The average Bonchev–Trinajstić information content (AvgIpc) is 2.92. The average molecular weight is 271 g/mol. The van der Waals surface area contributed by atoms with E-state index < -0.39 is 0 Å². The Morgan fingerprint density at radius 3 is 2.75 bits per heavy atom. The molecule has 5 heteroatoms. The zero-order valence-electron chi connectivity index (χ0n) is 10.6. The molecule has 20 heavy (non-hydrogen) atoms. The minimum Gasteiger partial charge on any atom is -0.454 e. The summed E-state index contributed by atoms with van der Waals surface area (Å²) in [4.78, 5) is 12.4. The van der Waals surface area contributed by atoms with Crippen molar-refractivity contribution in [3.8, 4) is 11.5 Å². The van der Waals surface area contributed by atoms with Gasteiger partial charge in [-0.15, -0.1) is 0 Å². The lowest BCUT2D eigenvalue weighted by atomic mass is 10.2. The standard InChI is InChI=1S/C15H10FNO3/c1-17-10-4-2-3-9(16)14(10)8-5-12-13(20-7-19-12)6-11(18)15(8)17/h2-6H,7H2,1H3. The molecule has 2 aromatic carbocycles. The Kier molecular flexibility index (Phi) is 2.10. The Bertz CT molecular complexity index is 930. The van der Waals surface area contributed by atoms with E-state index in [1.165, 1.54) is 12.1 Å². The molecule has 0 radical (unpaired) electrons. The summed E-state index contributed by atoms with van der Waals surface area (Å²) in [5.41, 5.74) is 0.896. The third-order valence-electron chi connectivity index (χ3n) is 3.66. The first kappa shape index (κ1) is 11.3. The van der Waals surface area contributed by atoms with Gasteiger partial charge in [0.05, 0.1) is 11.0 Å². The van der Waals surface area contributed by atoms with Crippen molar-refractivity contribution in [3.05, 3.63) is 46.4 Å². The molecule has 0 unspecified atom stereocenters. The van der Waals surface area contributed by atoms with Crippen molar-refractivity contribution in [3.63, 3.8) is 0 Å². The number of aryl methyl sites for hydroxylation is 1. The Hall–Kier alpha value is -2.56. The summed E-state index contributed by atoms with van der Waals surface area (Å²) < 4.78 is 26.4. The van der Waals surface area contributed by atoms with E-state index in [9.17, 15) is 9.18 Å². The van der Waals surface area contributed by atoms with E-state index in [4.69, 9.17) is 9.47 Å². The summed E-state index contributed by atoms with van der Waals surface area (Å²) in [6, 6.07) is 7.86. The van der Waals surface area contributed by atoms with Gasteiger partial charge in [0, 0.05) is 23.9 Å². The van der Waals surface area contributed by atoms with Crippen LogP contribution < -0.4 is 14.9 Å². The fourth-order valence-corrected chi connectivity index (χ4v) is 2.76. The molecule has 1 aliphatic rings. The maximum absolute atomic E-state index is 14.1. The van der Waals surface area contributed by atoms with E-state index in [1.54, 1.807) is 29.8 Å². The molecule has 0 saturated heterocycles. The fourth-order valence-electron chi connectivity index (χ4n) is 2.76. The molecule has 0 bridgehead atoms. The number of aromatic nitrogens is 1. The van der Waals surface area contributed by atoms with Gasteiger partial charge in [0.15, 0.2) is 11.5 Å². The number of hydrogen-bond donors (Lipinski definition) is 0. The minimum atomic E-state index is -0.355. The normalized spacial score (nSPS) is 13.3. The molecule has 0 N–H and O–H groups in total. The van der Waals surface area contributed by atoms with Crippen LogP contribution >= 0.6 is 0 Å². The van der Waals surface area contributed by atoms with Gasteiger partial charge in [-0.05, 0) is 18.2 Å². The predicted octanol–water partition coefficient (Wildman–Crippen LogP) is 2.56. The van der Waals surface area contributed by atoms with Crippen molar-refractivity contribution in [1.82, 2.24) is 4.57 Å². The largest absolute Gasteiger partial charge is 0.454 e. The van der Waals surface area contributed by atoms with Crippen LogP contribution in [0.25, 0.3) is 21.8 Å². The summed E-state index contributed by atoms with van der Waals surface area (Å²) in [5.74, 6) is 0.509. The molecule has 0 fully saturated rings. The predicted molar refractivity (Wildman–Crippen MR) is 72.8 cm³/mol. The van der Waals surface area contributed by atoms with E-state index in [1.807, 2.05) is 0 Å². The molecule has 2 heterocycles. The third kappa shape index (κ3) is 1.32. The zero-order chi connectivity index (χ0) is 13.9. The quantitative estimate of drug-likeness (QED) is 0.631. The van der Waals surface area contributed by atoms with Crippen LogP contribution in [0.5, 0.6) is 11.5 Å². The highest BCUT2D eigenvalue weighted by molar-refractivity contribution is 6.08. The van der Waals surface area contributed by atoms with Crippen molar-refractivity contribution in [1.29, 1.82) is 0 Å². The molecule has 0 amide bonds. The Balaban J connectivity index is 2.35. The third-order valence-corrected chi connectivity index (χ3v) is 3.66. The van der Waals surface area contributed by atoms with Gasteiger partial charge in [0.1, 0.15) is 5.82 Å². The SMILES string of the molecule is Cn1c2cccc(F)c2c2cc3c(cc(=O)c21)OCO3. The molecular weight excluding hydrogens is 261 g/mol. The summed E-state index contributed by atoms with van der Waals surface area (Å²) in [5, 5.41) is 0.966. The van der Waals surface area contributed by atoms with E-state index in [2.05, 4.69) is 0 Å². The van der Waals surface area contributed by atoms with Gasteiger partial charge in [-0.2, -0.15) is 0 Å². The van der Waals surface area contributed by atoms with E-state index >= 15 is 0 Å². The number of rotatable bonds is 0. The Labute approximate surface area is 113 Å². The lowest BCUT2D eigenvalue weighted by Crippen LogP contribution is -2.02. The maximum atomic E-state index is 14.1. The number of hydrogen-bond acceptors (Lipinski definition) is 3. The van der Waals surface area contributed by atoms with Crippen LogP contribution in [-0.4, -0.2) is 11.4 Å². The number of nitrogens with zero attached hydrogens (tertiary/aromatic N) is 1. The van der Waals surface area contributed by atoms with Crippen molar-refractivity contribution in [2.24, 2.45) is 7.05 Å².